The Hall–Kier alpha value is -2.34. The molecule has 1 saturated carbocycles. The molecule has 1 aromatic rings. The Labute approximate surface area is 224 Å². The van der Waals surface area contributed by atoms with E-state index < -0.39 is 0 Å². The van der Waals surface area contributed by atoms with Gasteiger partial charge in [0.05, 0.1) is 18.9 Å². The van der Waals surface area contributed by atoms with Crippen LogP contribution >= 0.6 is 0 Å². The third-order valence-corrected chi connectivity index (χ3v) is 8.05. The van der Waals surface area contributed by atoms with Crippen LogP contribution in [-0.4, -0.2) is 61.1 Å². The van der Waals surface area contributed by atoms with E-state index in [1.807, 2.05) is 29.2 Å². The van der Waals surface area contributed by atoms with Gasteiger partial charge in [-0.2, -0.15) is 0 Å². The monoisotopic (exact) mass is 512 g/mol. The second-order valence-corrected chi connectivity index (χ2v) is 10.7. The Morgan fingerprint density at radius 2 is 1.84 bits per heavy atom. The molecule has 1 heterocycles. The number of aliphatic hydroxyl groups is 1. The molecule has 1 aliphatic heterocycles. The van der Waals surface area contributed by atoms with Crippen LogP contribution in [0.25, 0.3) is 0 Å². The summed E-state index contributed by atoms with van der Waals surface area (Å²) in [7, 11) is 1.70. The fraction of sp³-hybridized carbons (Fsp3) is 0.677. The lowest BCUT2D eigenvalue weighted by molar-refractivity contribution is -0.131. The summed E-state index contributed by atoms with van der Waals surface area (Å²) in [6.45, 7) is 5.33. The standard InChI is InChI=1S/C31H48N2O4/c1-3-4-7-12-26(34)19-17-25-18-20-29(35)27(25)13-8-5-6-9-16-31(36)33-23-21-32(22-24-33)28-14-10-11-15-30(28)37-2/h10-11,14-15,17,19,25-27,34H,3-9,12-13,16,18,20-24H2,1-2H3/t25-,26-,27+/m0/s1. The van der Waals surface area contributed by atoms with E-state index in [-0.39, 0.29) is 23.8 Å². The number of allylic oxidation sites excluding steroid dienone is 1. The molecule has 1 aliphatic carbocycles. The molecule has 3 atom stereocenters. The predicted molar refractivity (Wildman–Crippen MR) is 150 cm³/mol. The molecule has 1 N–H and O–H groups in total. The molecule has 2 aliphatic rings. The maximum atomic E-state index is 12.7. The minimum absolute atomic E-state index is 0.111. The number of para-hydroxylation sites is 2. The van der Waals surface area contributed by atoms with E-state index in [1.165, 1.54) is 0 Å². The van der Waals surface area contributed by atoms with Crippen molar-refractivity contribution in [2.24, 2.45) is 11.8 Å². The van der Waals surface area contributed by atoms with Crippen LogP contribution in [0.5, 0.6) is 5.75 Å². The number of Topliss-reactive ketones (excluding diaryl/α,β-unsaturated/α-hetero) is 1. The number of piperazine rings is 1. The number of hydrogen-bond donors (Lipinski definition) is 1. The van der Waals surface area contributed by atoms with Gasteiger partial charge in [0.2, 0.25) is 5.91 Å². The molecule has 2 fully saturated rings. The molecule has 6 heteroatoms. The van der Waals surface area contributed by atoms with Crippen molar-refractivity contribution in [1.82, 2.24) is 4.90 Å². The quantitative estimate of drug-likeness (QED) is 0.238. The molecule has 3 rings (SSSR count). The normalized spacial score (nSPS) is 21.1. The molecular formula is C31H48N2O4. The third-order valence-electron chi connectivity index (χ3n) is 8.05. The first-order chi connectivity index (χ1) is 18.0. The van der Waals surface area contributed by atoms with Crippen molar-refractivity contribution in [3.63, 3.8) is 0 Å². The van der Waals surface area contributed by atoms with Gasteiger partial charge >= 0.3 is 0 Å². The fourth-order valence-corrected chi connectivity index (χ4v) is 5.75. The molecule has 1 aromatic carbocycles. The van der Waals surface area contributed by atoms with Crippen LogP contribution in [0, 0.1) is 11.8 Å². The van der Waals surface area contributed by atoms with E-state index >= 15 is 0 Å². The van der Waals surface area contributed by atoms with E-state index in [1.54, 1.807) is 7.11 Å². The number of carbonyl (C=O) groups is 2. The highest BCUT2D eigenvalue weighted by molar-refractivity contribution is 5.83. The van der Waals surface area contributed by atoms with E-state index in [2.05, 4.69) is 24.0 Å². The first kappa shape index (κ1) is 29.2. The summed E-state index contributed by atoms with van der Waals surface area (Å²) in [6.07, 6.45) is 15.0. The number of aliphatic hydroxyl groups excluding tert-OH is 1. The lowest BCUT2D eigenvalue weighted by Gasteiger charge is -2.36. The summed E-state index contributed by atoms with van der Waals surface area (Å²) in [6, 6.07) is 8.05. The second kappa shape index (κ2) is 15.8. The Morgan fingerprint density at radius 3 is 2.59 bits per heavy atom. The Morgan fingerprint density at radius 1 is 1.08 bits per heavy atom. The van der Waals surface area contributed by atoms with Crippen LogP contribution in [-0.2, 0) is 9.59 Å². The predicted octanol–water partition coefficient (Wildman–Crippen LogP) is 5.78. The highest BCUT2D eigenvalue weighted by Gasteiger charge is 2.32. The summed E-state index contributed by atoms with van der Waals surface area (Å²) in [4.78, 5) is 29.4. The molecule has 0 unspecified atom stereocenters. The summed E-state index contributed by atoms with van der Waals surface area (Å²) in [5.41, 5.74) is 1.10. The number of ketones is 1. The molecule has 1 amide bonds. The van der Waals surface area contributed by atoms with Crippen LogP contribution in [0.1, 0.15) is 84.0 Å². The number of unbranched alkanes of at least 4 members (excludes halogenated alkanes) is 5. The van der Waals surface area contributed by atoms with Gasteiger partial charge in [0.15, 0.2) is 0 Å². The number of anilines is 1. The third kappa shape index (κ3) is 9.17. The zero-order valence-electron chi connectivity index (χ0n) is 23.1. The van der Waals surface area contributed by atoms with Crippen LogP contribution < -0.4 is 9.64 Å². The van der Waals surface area contributed by atoms with Crippen LogP contribution in [0.2, 0.25) is 0 Å². The molecule has 0 bridgehead atoms. The Kier molecular flexibility index (Phi) is 12.5. The minimum atomic E-state index is -0.385. The van der Waals surface area contributed by atoms with E-state index in [0.717, 1.165) is 102 Å². The van der Waals surface area contributed by atoms with Gasteiger partial charge in [-0.25, -0.2) is 0 Å². The molecule has 37 heavy (non-hydrogen) atoms. The smallest absolute Gasteiger partial charge is 0.222 e. The lowest BCUT2D eigenvalue weighted by atomic mass is 9.89. The second-order valence-electron chi connectivity index (χ2n) is 10.7. The van der Waals surface area contributed by atoms with Crippen molar-refractivity contribution in [3.05, 3.63) is 36.4 Å². The van der Waals surface area contributed by atoms with Gasteiger partial charge in [0, 0.05) is 44.9 Å². The van der Waals surface area contributed by atoms with Gasteiger partial charge in [-0.3, -0.25) is 9.59 Å². The SMILES string of the molecule is CCCCC[C@H](O)C=C[C@H]1CCC(=O)[C@@H]1CCCCCCC(=O)N1CCN(c2ccccc2OC)CC1. The van der Waals surface area contributed by atoms with Gasteiger partial charge < -0.3 is 19.6 Å². The molecule has 0 radical (unpaired) electrons. The van der Waals surface area contributed by atoms with Crippen LogP contribution in [0.15, 0.2) is 36.4 Å². The van der Waals surface area contributed by atoms with Crippen molar-refractivity contribution in [2.45, 2.75) is 90.1 Å². The molecule has 0 aromatic heterocycles. The van der Waals surface area contributed by atoms with Crippen molar-refractivity contribution >= 4 is 17.4 Å². The Balaban J connectivity index is 1.29. The first-order valence-electron chi connectivity index (χ1n) is 14.6. The maximum Gasteiger partial charge on any atom is 0.222 e. The van der Waals surface area contributed by atoms with Gasteiger partial charge in [-0.15, -0.1) is 0 Å². The number of benzene rings is 1. The lowest BCUT2D eigenvalue weighted by Crippen LogP contribution is -2.48. The van der Waals surface area contributed by atoms with Crippen molar-refractivity contribution < 1.29 is 19.4 Å². The molecule has 6 nitrogen and oxygen atoms in total. The summed E-state index contributed by atoms with van der Waals surface area (Å²) >= 11 is 0. The number of carbonyl (C=O) groups excluding carboxylic acids is 2. The maximum absolute atomic E-state index is 12.7. The van der Waals surface area contributed by atoms with Crippen molar-refractivity contribution in [2.75, 3.05) is 38.2 Å². The van der Waals surface area contributed by atoms with E-state index in [0.29, 0.717) is 18.6 Å². The number of hydrogen-bond acceptors (Lipinski definition) is 5. The first-order valence-corrected chi connectivity index (χ1v) is 14.6. The fourth-order valence-electron chi connectivity index (χ4n) is 5.75. The van der Waals surface area contributed by atoms with Crippen molar-refractivity contribution in [1.29, 1.82) is 0 Å². The van der Waals surface area contributed by atoms with Gasteiger partial charge in [0.25, 0.3) is 0 Å². The van der Waals surface area contributed by atoms with E-state index in [9.17, 15) is 14.7 Å². The highest BCUT2D eigenvalue weighted by atomic mass is 16.5. The zero-order valence-corrected chi connectivity index (χ0v) is 23.1. The molecule has 1 saturated heterocycles. The molecular weight excluding hydrogens is 464 g/mol. The van der Waals surface area contributed by atoms with E-state index in [4.69, 9.17) is 4.74 Å². The average Bonchev–Trinajstić information content (AvgIpc) is 3.28. The summed E-state index contributed by atoms with van der Waals surface area (Å²) in [5, 5.41) is 10.2. The molecule has 0 spiro atoms. The van der Waals surface area contributed by atoms with Gasteiger partial charge in [-0.1, -0.05) is 69.7 Å². The zero-order chi connectivity index (χ0) is 26.5. The summed E-state index contributed by atoms with van der Waals surface area (Å²) in [5.74, 6) is 1.92. The van der Waals surface area contributed by atoms with Gasteiger partial charge in [-0.05, 0) is 43.7 Å². The van der Waals surface area contributed by atoms with Gasteiger partial charge in [0.1, 0.15) is 11.5 Å². The highest BCUT2D eigenvalue weighted by Crippen LogP contribution is 2.34. The number of methoxy groups -OCH3 is 1. The largest absolute Gasteiger partial charge is 0.495 e. The number of rotatable bonds is 15. The van der Waals surface area contributed by atoms with Crippen molar-refractivity contribution in [3.8, 4) is 5.75 Å². The average molecular weight is 513 g/mol. The summed E-state index contributed by atoms with van der Waals surface area (Å²) < 4.78 is 5.49. The van der Waals surface area contributed by atoms with Crippen LogP contribution in [0.4, 0.5) is 5.69 Å². The number of amides is 1. The topological polar surface area (TPSA) is 70.1 Å². The number of nitrogens with zero attached hydrogens (tertiary/aromatic N) is 2. The van der Waals surface area contributed by atoms with Crippen LogP contribution in [0.3, 0.4) is 0 Å². The molecule has 206 valence electrons. The Bertz CT molecular complexity index is 863. The minimum Gasteiger partial charge on any atom is -0.495 e. The number of ether oxygens (including phenoxy) is 1.